The summed E-state index contributed by atoms with van der Waals surface area (Å²) in [5.74, 6) is -0.0554. The summed E-state index contributed by atoms with van der Waals surface area (Å²) < 4.78 is 0. The smallest absolute Gasteiger partial charge is 0.240 e. The molecule has 1 N–H and O–H groups in total. The zero-order chi connectivity index (χ0) is 12.5. The highest BCUT2D eigenvalue weighted by Gasteiger charge is 2.50. The van der Waals surface area contributed by atoms with Crippen molar-refractivity contribution >= 4 is 5.91 Å². The summed E-state index contributed by atoms with van der Waals surface area (Å²) in [7, 11) is 2.13. The van der Waals surface area contributed by atoms with Gasteiger partial charge in [0.1, 0.15) is 5.41 Å². The summed E-state index contributed by atoms with van der Waals surface area (Å²) in [6.07, 6.45) is 3.69. The van der Waals surface area contributed by atoms with Crippen LogP contribution in [0.3, 0.4) is 0 Å². The van der Waals surface area contributed by atoms with Crippen LogP contribution in [-0.4, -0.2) is 37.5 Å². The lowest BCUT2D eigenvalue weighted by Crippen LogP contribution is -2.45. The monoisotopic (exact) mass is 235 g/mol. The van der Waals surface area contributed by atoms with Gasteiger partial charge in [0.05, 0.1) is 6.07 Å². The summed E-state index contributed by atoms with van der Waals surface area (Å²) in [6, 6.07) is 2.14. The van der Waals surface area contributed by atoms with Gasteiger partial charge in [-0.2, -0.15) is 5.26 Å². The average Bonchev–Trinajstić information content (AvgIpc) is 3.12. The number of likely N-dealkylation sites (tertiary alicyclic amines) is 1. The molecular weight excluding hydrogens is 214 g/mol. The van der Waals surface area contributed by atoms with Crippen molar-refractivity contribution in [1.82, 2.24) is 10.2 Å². The van der Waals surface area contributed by atoms with Gasteiger partial charge >= 0.3 is 0 Å². The van der Waals surface area contributed by atoms with E-state index in [4.69, 9.17) is 5.26 Å². The fraction of sp³-hybridized carbons (Fsp3) is 0.846. The molecule has 0 spiro atoms. The fourth-order valence-corrected chi connectivity index (χ4v) is 2.31. The molecule has 2 fully saturated rings. The maximum Gasteiger partial charge on any atom is 0.240 e. The SMILES string of the molecule is CN1CCC(C)(CNC(=O)C2(C#N)CC2)CC1. The number of nitriles is 1. The number of hydrogen-bond acceptors (Lipinski definition) is 3. The van der Waals surface area contributed by atoms with E-state index >= 15 is 0 Å². The first-order valence-corrected chi connectivity index (χ1v) is 6.38. The minimum Gasteiger partial charge on any atom is -0.354 e. The Hall–Kier alpha value is -1.08. The lowest BCUT2D eigenvalue weighted by molar-refractivity contribution is -0.125. The third kappa shape index (κ3) is 2.61. The predicted octanol–water partition coefficient (Wildman–Crippen LogP) is 1.14. The molecule has 1 saturated heterocycles. The molecule has 4 nitrogen and oxygen atoms in total. The molecule has 2 rings (SSSR count). The average molecular weight is 235 g/mol. The van der Waals surface area contributed by atoms with E-state index in [0.717, 1.165) is 38.8 Å². The number of carbonyl (C=O) groups excluding carboxylic acids is 1. The van der Waals surface area contributed by atoms with Gasteiger partial charge in [-0.3, -0.25) is 4.79 Å². The van der Waals surface area contributed by atoms with Crippen LogP contribution in [0.4, 0.5) is 0 Å². The van der Waals surface area contributed by atoms with Crippen LogP contribution in [0.25, 0.3) is 0 Å². The van der Waals surface area contributed by atoms with Crippen LogP contribution in [0.15, 0.2) is 0 Å². The molecule has 1 aliphatic carbocycles. The Balaban J connectivity index is 1.82. The van der Waals surface area contributed by atoms with Gasteiger partial charge in [0.2, 0.25) is 5.91 Å². The van der Waals surface area contributed by atoms with Gasteiger partial charge in [0, 0.05) is 6.54 Å². The first kappa shape index (κ1) is 12.4. The number of amides is 1. The number of rotatable bonds is 3. The number of nitrogens with one attached hydrogen (secondary N) is 1. The van der Waals surface area contributed by atoms with E-state index < -0.39 is 5.41 Å². The molecule has 17 heavy (non-hydrogen) atoms. The summed E-state index contributed by atoms with van der Waals surface area (Å²) in [5.41, 5.74) is -0.477. The van der Waals surface area contributed by atoms with E-state index in [1.165, 1.54) is 0 Å². The Labute approximate surface area is 103 Å². The van der Waals surface area contributed by atoms with E-state index in [1.807, 2.05) is 0 Å². The fourth-order valence-electron chi connectivity index (χ4n) is 2.31. The van der Waals surface area contributed by atoms with Crippen LogP contribution in [-0.2, 0) is 4.79 Å². The van der Waals surface area contributed by atoms with E-state index in [2.05, 4.69) is 30.3 Å². The number of carbonyl (C=O) groups is 1. The van der Waals surface area contributed by atoms with Gasteiger partial charge in [-0.1, -0.05) is 6.92 Å². The molecule has 1 amide bonds. The van der Waals surface area contributed by atoms with Gasteiger partial charge < -0.3 is 10.2 Å². The molecule has 1 aliphatic heterocycles. The van der Waals surface area contributed by atoms with Gasteiger partial charge in [-0.15, -0.1) is 0 Å². The third-order valence-electron chi connectivity index (χ3n) is 4.27. The topological polar surface area (TPSA) is 56.1 Å². The molecule has 0 radical (unpaired) electrons. The molecule has 1 heterocycles. The maximum absolute atomic E-state index is 11.9. The van der Waals surface area contributed by atoms with Gasteiger partial charge in [-0.25, -0.2) is 0 Å². The molecule has 94 valence electrons. The van der Waals surface area contributed by atoms with Crippen molar-refractivity contribution in [2.45, 2.75) is 32.6 Å². The van der Waals surface area contributed by atoms with Crippen molar-refractivity contribution in [2.24, 2.45) is 10.8 Å². The Morgan fingerprint density at radius 2 is 1.94 bits per heavy atom. The minimum absolute atomic E-state index is 0.0554. The third-order valence-corrected chi connectivity index (χ3v) is 4.27. The van der Waals surface area contributed by atoms with Crippen LogP contribution in [0.5, 0.6) is 0 Å². The van der Waals surface area contributed by atoms with Crippen molar-refractivity contribution in [3.05, 3.63) is 0 Å². The van der Waals surface area contributed by atoms with Crippen molar-refractivity contribution in [2.75, 3.05) is 26.7 Å². The second-order valence-electron chi connectivity index (χ2n) is 5.99. The maximum atomic E-state index is 11.9. The largest absolute Gasteiger partial charge is 0.354 e. The normalized spacial score (nSPS) is 25.9. The van der Waals surface area contributed by atoms with Crippen LogP contribution in [0.1, 0.15) is 32.6 Å². The van der Waals surface area contributed by atoms with E-state index in [0.29, 0.717) is 6.54 Å². The first-order valence-electron chi connectivity index (χ1n) is 6.38. The first-order chi connectivity index (χ1) is 8.00. The summed E-state index contributed by atoms with van der Waals surface area (Å²) in [5, 5.41) is 11.9. The van der Waals surface area contributed by atoms with Crippen molar-refractivity contribution in [3.8, 4) is 6.07 Å². The molecule has 2 aliphatic rings. The second kappa shape index (κ2) is 4.30. The highest BCUT2D eigenvalue weighted by atomic mass is 16.2. The predicted molar refractivity (Wildman–Crippen MR) is 65.1 cm³/mol. The van der Waals surface area contributed by atoms with Gasteiger partial charge in [0.15, 0.2) is 0 Å². The Morgan fingerprint density at radius 1 is 1.35 bits per heavy atom. The lowest BCUT2D eigenvalue weighted by atomic mass is 9.80. The highest BCUT2D eigenvalue weighted by molar-refractivity contribution is 5.88. The standard InChI is InChI=1S/C13H21N3O/c1-12(5-7-16(2)8-6-12)10-15-11(17)13(9-14)3-4-13/h3-8,10H2,1-2H3,(H,15,17). The van der Waals surface area contributed by atoms with Gasteiger partial charge in [-0.05, 0) is 51.2 Å². The zero-order valence-corrected chi connectivity index (χ0v) is 10.8. The highest BCUT2D eigenvalue weighted by Crippen LogP contribution is 2.45. The van der Waals surface area contributed by atoms with Crippen LogP contribution >= 0.6 is 0 Å². The number of nitrogens with zero attached hydrogens (tertiary/aromatic N) is 2. The van der Waals surface area contributed by atoms with E-state index in [9.17, 15) is 4.79 Å². The minimum atomic E-state index is -0.679. The summed E-state index contributed by atoms with van der Waals surface area (Å²) in [6.45, 7) is 5.13. The van der Waals surface area contributed by atoms with Crippen molar-refractivity contribution in [1.29, 1.82) is 5.26 Å². The van der Waals surface area contributed by atoms with E-state index in [-0.39, 0.29) is 11.3 Å². The lowest BCUT2D eigenvalue weighted by Gasteiger charge is -2.38. The Bertz CT molecular complexity index is 346. The Kier molecular flexibility index (Phi) is 3.13. The Morgan fingerprint density at radius 3 is 2.41 bits per heavy atom. The molecule has 0 unspecified atom stereocenters. The molecule has 0 bridgehead atoms. The summed E-state index contributed by atoms with van der Waals surface area (Å²) >= 11 is 0. The molecule has 4 heteroatoms. The number of piperidine rings is 1. The molecule has 1 saturated carbocycles. The molecule has 0 aromatic rings. The second-order valence-corrected chi connectivity index (χ2v) is 5.99. The van der Waals surface area contributed by atoms with E-state index in [1.54, 1.807) is 0 Å². The van der Waals surface area contributed by atoms with Crippen LogP contribution in [0.2, 0.25) is 0 Å². The molecule has 0 aromatic heterocycles. The van der Waals surface area contributed by atoms with Crippen LogP contribution < -0.4 is 5.32 Å². The molecule has 0 aromatic carbocycles. The zero-order valence-electron chi connectivity index (χ0n) is 10.8. The number of hydrogen-bond donors (Lipinski definition) is 1. The molecular formula is C13H21N3O. The summed E-state index contributed by atoms with van der Waals surface area (Å²) in [4.78, 5) is 14.2. The molecule has 0 atom stereocenters. The van der Waals surface area contributed by atoms with Crippen molar-refractivity contribution < 1.29 is 4.79 Å². The van der Waals surface area contributed by atoms with Gasteiger partial charge in [0.25, 0.3) is 0 Å². The van der Waals surface area contributed by atoms with Crippen LogP contribution in [0, 0.1) is 22.2 Å². The van der Waals surface area contributed by atoms with Crippen molar-refractivity contribution in [3.63, 3.8) is 0 Å². The quantitative estimate of drug-likeness (QED) is 0.798.